The number of carbonyl (C=O) groups is 1. The van der Waals surface area contributed by atoms with E-state index < -0.39 is 32.9 Å². The summed E-state index contributed by atoms with van der Waals surface area (Å²) in [6, 6.07) is 1.66. The van der Waals surface area contributed by atoms with Gasteiger partial charge in [-0.1, -0.05) is 0 Å². The number of hydrogen-bond acceptors (Lipinski definition) is 5. The number of rotatable bonds is 6. The number of carboxylic acids is 1. The molecule has 8 heteroatoms. The van der Waals surface area contributed by atoms with Crippen molar-refractivity contribution in [3.05, 3.63) is 17.9 Å². The van der Waals surface area contributed by atoms with Crippen molar-refractivity contribution >= 4 is 16.0 Å². The summed E-state index contributed by atoms with van der Waals surface area (Å²) in [6.07, 6.45) is 0.256. The van der Waals surface area contributed by atoms with E-state index in [1.807, 2.05) is 0 Å². The molecule has 0 aliphatic rings. The van der Waals surface area contributed by atoms with Gasteiger partial charge in [0, 0.05) is 12.6 Å². The summed E-state index contributed by atoms with van der Waals surface area (Å²) in [4.78, 5) is 10.5. The molecule has 1 atom stereocenters. The fourth-order valence-corrected chi connectivity index (χ4v) is 2.37. The summed E-state index contributed by atoms with van der Waals surface area (Å²) >= 11 is 0. The third-order valence-corrected chi connectivity index (χ3v) is 3.44. The maximum absolute atomic E-state index is 11.7. The Bertz CT molecular complexity index is 491. The lowest BCUT2D eigenvalue weighted by Gasteiger charge is -2.10. The average molecular weight is 263 g/mol. The lowest BCUT2D eigenvalue weighted by Crippen LogP contribution is -2.33. The van der Waals surface area contributed by atoms with Crippen molar-refractivity contribution in [3.8, 4) is 0 Å². The highest BCUT2D eigenvalue weighted by Crippen LogP contribution is 2.14. The molecule has 0 aromatic carbocycles. The topological polar surface area (TPSA) is 117 Å². The van der Waals surface area contributed by atoms with Crippen LogP contribution in [-0.2, 0) is 10.0 Å². The number of sulfonamides is 1. The van der Waals surface area contributed by atoms with E-state index in [0.717, 1.165) is 12.1 Å². The number of nitrogens with one attached hydrogen (secondary N) is 1. The largest absolute Gasteiger partial charge is 0.475 e. The van der Waals surface area contributed by atoms with Gasteiger partial charge in [-0.05, 0) is 25.5 Å². The molecule has 0 saturated heterocycles. The normalized spacial score (nSPS) is 13.5. The van der Waals surface area contributed by atoms with Gasteiger partial charge in [-0.15, -0.1) is 0 Å². The van der Waals surface area contributed by atoms with Crippen LogP contribution >= 0.6 is 0 Å². The van der Waals surface area contributed by atoms with Gasteiger partial charge in [-0.2, -0.15) is 0 Å². The Balaban J connectivity index is 2.86. The van der Waals surface area contributed by atoms with E-state index in [1.165, 1.54) is 0 Å². The minimum absolute atomic E-state index is 0.151. The van der Waals surface area contributed by atoms with Gasteiger partial charge in [0.1, 0.15) is 0 Å². The van der Waals surface area contributed by atoms with E-state index >= 15 is 0 Å². The molecule has 0 fully saturated rings. The predicted molar refractivity (Wildman–Crippen MR) is 57.2 cm³/mol. The molecule has 1 unspecified atom stereocenters. The van der Waals surface area contributed by atoms with Crippen LogP contribution in [0.1, 0.15) is 23.9 Å². The Hall–Kier alpha value is -1.38. The van der Waals surface area contributed by atoms with Crippen LogP contribution in [0.4, 0.5) is 0 Å². The molecular weight excluding hydrogens is 250 g/mol. The lowest BCUT2D eigenvalue weighted by molar-refractivity contribution is 0.0656. The molecule has 0 saturated carbocycles. The molecule has 1 aromatic heterocycles. The van der Waals surface area contributed by atoms with Crippen LogP contribution in [0.15, 0.2) is 21.6 Å². The van der Waals surface area contributed by atoms with E-state index in [1.54, 1.807) is 6.92 Å². The van der Waals surface area contributed by atoms with Crippen molar-refractivity contribution in [1.29, 1.82) is 0 Å². The summed E-state index contributed by atoms with van der Waals surface area (Å²) in [5.41, 5.74) is 0. The van der Waals surface area contributed by atoms with E-state index in [4.69, 9.17) is 10.2 Å². The molecule has 0 amide bonds. The molecule has 0 aliphatic carbocycles. The SMILES string of the molecule is CC(CCO)NS(=O)(=O)c1ccc(C(=O)O)o1. The Morgan fingerprint density at radius 3 is 2.65 bits per heavy atom. The summed E-state index contributed by atoms with van der Waals surface area (Å²) in [6.45, 7) is 1.43. The van der Waals surface area contributed by atoms with Crippen molar-refractivity contribution in [1.82, 2.24) is 4.72 Å². The second-order valence-electron chi connectivity index (χ2n) is 3.46. The average Bonchev–Trinajstić information content (AvgIpc) is 2.65. The van der Waals surface area contributed by atoms with Crippen LogP contribution in [0.2, 0.25) is 0 Å². The molecule has 17 heavy (non-hydrogen) atoms. The molecule has 0 radical (unpaired) electrons. The monoisotopic (exact) mass is 263 g/mol. The summed E-state index contributed by atoms with van der Waals surface area (Å²) in [5, 5.41) is 16.8. The number of hydrogen-bond donors (Lipinski definition) is 3. The van der Waals surface area contributed by atoms with E-state index in [0.29, 0.717) is 0 Å². The Morgan fingerprint density at radius 2 is 2.18 bits per heavy atom. The number of aliphatic hydroxyl groups is 1. The first kappa shape index (κ1) is 13.7. The molecule has 7 nitrogen and oxygen atoms in total. The van der Waals surface area contributed by atoms with E-state index in [2.05, 4.69) is 9.14 Å². The molecule has 1 heterocycles. The summed E-state index contributed by atoms with van der Waals surface area (Å²) in [7, 11) is -3.89. The van der Waals surface area contributed by atoms with Crippen LogP contribution in [0, 0.1) is 0 Å². The smallest absolute Gasteiger partial charge is 0.371 e. The number of carboxylic acid groups (broad SMARTS) is 1. The van der Waals surface area contributed by atoms with Gasteiger partial charge < -0.3 is 14.6 Å². The van der Waals surface area contributed by atoms with Crippen molar-refractivity contribution in [2.24, 2.45) is 0 Å². The minimum atomic E-state index is -3.89. The van der Waals surface area contributed by atoms with Gasteiger partial charge >= 0.3 is 5.97 Å². The van der Waals surface area contributed by atoms with Crippen LogP contribution in [-0.4, -0.2) is 37.2 Å². The molecule has 1 aromatic rings. The van der Waals surface area contributed by atoms with Crippen molar-refractivity contribution in [3.63, 3.8) is 0 Å². The molecule has 96 valence electrons. The van der Waals surface area contributed by atoms with Crippen LogP contribution in [0.3, 0.4) is 0 Å². The Morgan fingerprint density at radius 1 is 1.53 bits per heavy atom. The summed E-state index contributed by atoms with van der Waals surface area (Å²) in [5.74, 6) is -1.78. The fourth-order valence-electron chi connectivity index (χ4n) is 1.16. The summed E-state index contributed by atoms with van der Waals surface area (Å²) < 4.78 is 30.3. The lowest BCUT2D eigenvalue weighted by atomic mass is 10.3. The maximum Gasteiger partial charge on any atom is 0.371 e. The second-order valence-corrected chi connectivity index (χ2v) is 5.10. The third kappa shape index (κ3) is 3.55. The minimum Gasteiger partial charge on any atom is -0.475 e. The van der Waals surface area contributed by atoms with Crippen molar-refractivity contribution < 1.29 is 27.8 Å². The predicted octanol–water partition coefficient (Wildman–Crippen LogP) is 0.0270. The van der Waals surface area contributed by atoms with Crippen molar-refractivity contribution in [2.75, 3.05) is 6.61 Å². The van der Waals surface area contributed by atoms with Gasteiger partial charge in [0.25, 0.3) is 10.0 Å². The standard InChI is InChI=1S/C9H13NO6S/c1-6(4-5-11)10-17(14,15)8-3-2-7(16-8)9(12)13/h2-3,6,10-11H,4-5H2,1H3,(H,12,13). The molecule has 0 bridgehead atoms. The second kappa shape index (κ2) is 5.30. The van der Waals surface area contributed by atoms with E-state index in [-0.39, 0.29) is 13.0 Å². The number of aliphatic hydroxyl groups excluding tert-OH is 1. The zero-order chi connectivity index (χ0) is 13.1. The Labute approximate surface area is 98.1 Å². The first-order valence-electron chi connectivity index (χ1n) is 4.83. The van der Waals surface area contributed by atoms with Crippen LogP contribution in [0.25, 0.3) is 0 Å². The molecule has 0 spiro atoms. The number of aromatic carboxylic acids is 1. The zero-order valence-electron chi connectivity index (χ0n) is 9.08. The van der Waals surface area contributed by atoms with E-state index in [9.17, 15) is 13.2 Å². The first-order valence-corrected chi connectivity index (χ1v) is 6.31. The first-order chi connectivity index (χ1) is 7.86. The Kier molecular flexibility index (Phi) is 4.27. The fraction of sp³-hybridized carbons (Fsp3) is 0.444. The third-order valence-electron chi connectivity index (χ3n) is 1.98. The maximum atomic E-state index is 11.7. The highest BCUT2D eigenvalue weighted by atomic mass is 32.2. The zero-order valence-corrected chi connectivity index (χ0v) is 9.90. The van der Waals surface area contributed by atoms with Crippen LogP contribution < -0.4 is 4.72 Å². The number of furan rings is 1. The van der Waals surface area contributed by atoms with Gasteiger partial charge in [0.15, 0.2) is 0 Å². The van der Waals surface area contributed by atoms with Gasteiger partial charge in [-0.3, -0.25) is 0 Å². The van der Waals surface area contributed by atoms with Gasteiger partial charge in [0.05, 0.1) is 0 Å². The molecule has 1 rings (SSSR count). The van der Waals surface area contributed by atoms with Crippen LogP contribution in [0.5, 0.6) is 0 Å². The molecule has 3 N–H and O–H groups in total. The quantitative estimate of drug-likeness (QED) is 0.666. The van der Waals surface area contributed by atoms with Crippen molar-refractivity contribution in [2.45, 2.75) is 24.5 Å². The highest BCUT2D eigenvalue weighted by Gasteiger charge is 2.22. The molecule has 0 aliphatic heterocycles. The molecular formula is C9H13NO6S. The van der Waals surface area contributed by atoms with Gasteiger partial charge in [0.2, 0.25) is 10.9 Å². The van der Waals surface area contributed by atoms with Gasteiger partial charge in [-0.25, -0.2) is 17.9 Å². The highest BCUT2D eigenvalue weighted by molar-refractivity contribution is 7.89.